The summed E-state index contributed by atoms with van der Waals surface area (Å²) in [6.45, 7) is 4.02. The summed E-state index contributed by atoms with van der Waals surface area (Å²) in [6.07, 6.45) is 0. The van der Waals surface area contributed by atoms with Gasteiger partial charge in [-0.2, -0.15) is 0 Å². The second-order valence-electron chi connectivity index (χ2n) is 3.83. The monoisotopic (exact) mass is 223 g/mol. The van der Waals surface area contributed by atoms with Gasteiger partial charge in [-0.1, -0.05) is 31.5 Å². The van der Waals surface area contributed by atoms with Crippen molar-refractivity contribution < 1.29 is 4.39 Å². The Bertz CT molecular complexity index is 508. The number of benzene rings is 1. The third-order valence-corrected chi connectivity index (χ3v) is 2.71. The van der Waals surface area contributed by atoms with Crippen LogP contribution in [0, 0.1) is 5.82 Å². The van der Waals surface area contributed by atoms with E-state index in [9.17, 15) is 4.39 Å². The molecular weight excluding hydrogens is 213 g/mol. The van der Waals surface area contributed by atoms with Crippen molar-refractivity contribution in [1.82, 2.24) is 4.98 Å². The van der Waals surface area contributed by atoms with Gasteiger partial charge in [-0.05, 0) is 29.7 Å². The fourth-order valence-corrected chi connectivity index (χ4v) is 1.92. The lowest BCUT2D eigenvalue weighted by Crippen LogP contribution is -1.93. The molecule has 0 aliphatic carbocycles. The fraction of sp³-hybridized carbons (Fsp3) is 0.250. The largest absolute Gasteiger partial charge is 0.236 e. The lowest BCUT2D eigenvalue weighted by atomic mass is 10.0. The molecule has 78 valence electrons. The summed E-state index contributed by atoms with van der Waals surface area (Å²) >= 11 is 6.02. The highest BCUT2D eigenvalue weighted by Gasteiger charge is 2.10. The number of rotatable bonds is 1. The van der Waals surface area contributed by atoms with E-state index in [1.807, 2.05) is 13.8 Å². The second-order valence-corrected chi connectivity index (χ2v) is 4.19. The standard InChI is InChI=1S/C12H11ClFN/c1-7(2)8-6-9-10(14)4-3-5-11(9)15-12(8)13/h3-7H,1-2H3. The number of aromatic nitrogens is 1. The van der Waals surface area contributed by atoms with Crippen LogP contribution in [0.2, 0.25) is 5.15 Å². The zero-order valence-corrected chi connectivity index (χ0v) is 9.35. The number of fused-ring (bicyclic) bond motifs is 1. The van der Waals surface area contributed by atoms with Crippen LogP contribution in [0.25, 0.3) is 10.9 Å². The van der Waals surface area contributed by atoms with Gasteiger partial charge in [0.2, 0.25) is 0 Å². The van der Waals surface area contributed by atoms with Crippen molar-refractivity contribution in [3.05, 3.63) is 40.8 Å². The fourth-order valence-electron chi connectivity index (χ4n) is 1.56. The van der Waals surface area contributed by atoms with Crippen LogP contribution >= 0.6 is 11.6 Å². The smallest absolute Gasteiger partial charge is 0.133 e. The Labute approximate surface area is 92.9 Å². The first-order chi connectivity index (χ1) is 7.09. The van der Waals surface area contributed by atoms with Crippen molar-refractivity contribution in [3.63, 3.8) is 0 Å². The average Bonchev–Trinajstić information content (AvgIpc) is 2.16. The molecule has 0 spiro atoms. The molecular formula is C12H11ClFN. The van der Waals surface area contributed by atoms with Crippen LogP contribution in [0.15, 0.2) is 24.3 Å². The molecule has 0 bridgehead atoms. The van der Waals surface area contributed by atoms with E-state index in [0.29, 0.717) is 16.1 Å². The first-order valence-corrected chi connectivity index (χ1v) is 5.22. The molecule has 0 amide bonds. The van der Waals surface area contributed by atoms with Crippen molar-refractivity contribution in [1.29, 1.82) is 0 Å². The molecule has 2 rings (SSSR count). The molecule has 0 atom stereocenters. The summed E-state index contributed by atoms with van der Waals surface area (Å²) in [7, 11) is 0. The van der Waals surface area contributed by atoms with Crippen molar-refractivity contribution >= 4 is 22.5 Å². The highest BCUT2D eigenvalue weighted by molar-refractivity contribution is 6.30. The van der Waals surface area contributed by atoms with Crippen LogP contribution < -0.4 is 0 Å². The van der Waals surface area contributed by atoms with E-state index in [4.69, 9.17) is 11.6 Å². The van der Waals surface area contributed by atoms with E-state index in [2.05, 4.69) is 4.98 Å². The minimum Gasteiger partial charge on any atom is -0.236 e. The van der Waals surface area contributed by atoms with Gasteiger partial charge in [0, 0.05) is 5.39 Å². The predicted molar refractivity (Wildman–Crippen MR) is 60.8 cm³/mol. The Morgan fingerprint density at radius 2 is 2.07 bits per heavy atom. The topological polar surface area (TPSA) is 12.9 Å². The number of nitrogens with zero attached hydrogens (tertiary/aromatic N) is 1. The third-order valence-electron chi connectivity index (χ3n) is 2.41. The molecule has 1 aromatic heterocycles. The molecule has 0 fully saturated rings. The molecule has 1 aromatic carbocycles. The maximum absolute atomic E-state index is 13.5. The first kappa shape index (κ1) is 10.4. The Hall–Kier alpha value is -1.15. The van der Waals surface area contributed by atoms with Crippen molar-refractivity contribution in [3.8, 4) is 0 Å². The molecule has 0 saturated carbocycles. The summed E-state index contributed by atoms with van der Waals surface area (Å²) in [5, 5.41) is 0.994. The van der Waals surface area contributed by atoms with Crippen LogP contribution in [0.3, 0.4) is 0 Å². The molecule has 1 heterocycles. The molecule has 3 heteroatoms. The molecule has 0 aliphatic rings. The highest BCUT2D eigenvalue weighted by atomic mass is 35.5. The van der Waals surface area contributed by atoms with Gasteiger partial charge in [0.25, 0.3) is 0 Å². The van der Waals surface area contributed by atoms with E-state index in [0.717, 1.165) is 5.56 Å². The lowest BCUT2D eigenvalue weighted by Gasteiger charge is -2.09. The van der Waals surface area contributed by atoms with Gasteiger partial charge >= 0.3 is 0 Å². The molecule has 2 aromatic rings. The Morgan fingerprint density at radius 3 is 2.73 bits per heavy atom. The average molecular weight is 224 g/mol. The van der Waals surface area contributed by atoms with Gasteiger partial charge in [0.1, 0.15) is 11.0 Å². The van der Waals surface area contributed by atoms with Crippen LogP contribution in [0.5, 0.6) is 0 Å². The van der Waals surface area contributed by atoms with E-state index in [1.165, 1.54) is 6.07 Å². The van der Waals surface area contributed by atoms with Crippen molar-refractivity contribution in [2.24, 2.45) is 0 Å². The number of halogens is 2. The Balaban J connectivity index is 2.78. The summed E-state index contributed by atoms with van der Waals surface area (Å²) in [5.41, 5.74) is 1.48. The summed E-state index contributed by atoms with van der Waals surface area (Å²) < 4.78 is 13.5. The number of hydrogen-bond donors (Lipinski definition) is 0. The normalized spacial score (nSPS) is 11.3. The molecule has 0 saturated heterocycles. The SMILES string of the molecule is CC(C)c1cc2c(F)cccc2nc1Cl. The van der Waals surface area contributed by atoms with Gasteiger partial charge in [0.05, 0.1) is 5.52 Å². The van der Waals surface area contributed by atoms with Gasteiger partial charge in [0.15, 0.2) is 0 Å². The molecule has 0 radical (unpaired) electrons. The molecule has 1 nitrogen and oxygen atoms in total. The predicted octanol–water partition coefficient (Wildman–Crippen LogP) is 4.15. The van der Waals surface area contributed by atoms with Crippen LogP contribution in [0.1, 0.15) is 25.3 Å². The summed E-state index contributed by atoms with van der Waals surface area (Å²) in [5.74, 6) is -0.00688. The molecule has 0 unspecified atom stereocenters. The van der Waals surface area contributed by atoms with Gasteiger partial charge < -0.3 is 0 Å². The van der Waals surface area contributed by atoms with E-state index >= 15 is 0 Å². The quantitative estimate of drug-likeness (QED) is 0.662. The maximum atomic E-state index is 13.5. The van der Waals surface area contributed by atoms with Crippen LogP contribution in [0.4, 0.5) is 4.39 Å². The molecule has 15 heavy (non-hydrogen) atoms. The minimum absolute atomic E-state index is 0.244. The Morgan fingerprint density at radius 1 is 1.33 bits per heavy atom. The van der Waals surface area contributed by atoms with Crippen molar-refractivity contribution in [2.45, 2.75) is 19.8 Å². The number of pyridine rings is 1. The summed E-state index contributed by atoms with van der Waals surface area (Å²) in [4.78, 5) is 4.18. The van der Waals surface area contributed by atoms with Crippen molar-refractivity contribution in [2.75, 3.05) is 0 Å². The van der Waals surface area contributed by atoms with Gasteiger partial charge in [-0.3, -0.25) is 0 Å². The number of hydrogen-bond acceptors (Lipinski definition) is 1. The van der Waals surface area contributed by atoms with E-state index < -0.39 is 0 Å². The molecule has 0 N–H and O–H groups in total. The highest BCUT2D eigenvalue weighted by Crippen LogP contribution is 2.27. The lowest BCUT2D eigenvalue weighted by molar-refractivity contribution is 0.639. The first-order valence-electron chi connectivity index (χ1n) is 4.84. The van der Waals surface area contributed by atoms with Crippen LogP contribution in [-0.4, -0.2) is 4.98 Å². The zero-order chi connectivity index (χ0) is 11.0. The van der Waals surface area contributed by atoms with Gasteiger partial charge in [-0.25, -0.2) is 9.37 Å². The van der Waals surface area contributed by atoms with Crippen LogP contribution in [-0.2, 0) is 0 Å². The summed E-state index contributed by atoms with van der Waals surface area (Å²) in [6, 6.07) is 6.61. The minimum atomic E-state index is -0.251. The Kier molecular flexibility index (Phi) is 2.61. The zero-order valence-electron chi connectivity index (χ0n) is 8.59. The van der Waals surface area contributed by atoms with E-state index in [1.54, 1.807) is 18.2 Å². The second kappa shape index (κ2) is 3.78. The maximum Gasteiger partial charge on any atom is 0.133 e. The van der Waals surface area contributed by atoms with E-state index in [-0.39, 0.29) is 11.7 Å². The third kappa shape index (κ3) is 1.82. The molecule has 0 aliphatic heterocycles. The van der Waals surface area contributed by atoms with Gasteiger partial charge in [-0.15, -0.1) is 0 Å².